The van der Waals surface area contributed by atoms with Crippen LogP contribution in [0, 0.1) is 6.92 Å². The molecular weight excluding hydrogens is 350 g/mol. The van der Waals surface area contributed by atoms with E-state index in [4.69, 9.17) is 0 Å². The quantitative estimate of drug-likeness (QED) is 0.535. The maximum Gasteiger partial charge on any atom is 0.132 e. The molecule has 114 valence electrons. The van der Waals surface area contributed by atoms with Crippen molar-refractivity contribution < 1.29 is 0 Å². The van der Waals surface area contributed by atoms with Crippen molar-refractivity contribution in [3.8, 4) is 11.3 Å². The fourth-order valence-electron chi connectivity index (χ4n) is 3.02. The highest BCUT2D eigenvalue weighted by molar-refractivity contribution is 9.10. The Bertz CT molecular complexity index is 981. The SMILES string of the molecule is Cc1cccc(Cn2cnc(Br)c2-c2c[nH]c3ccccc23)c1. The van der Waals surface area contributed by atoms with Gasteiger partial charge >= 0.3 is 0 Å². The number of halogens is 1. The molecule has 0 radical (unpaired) electrons. The van der Waals surface area contributed by atoms with Crippen molar-refractivity contribution >= 4 is 26.8 Å². The zero-order valence-corrected chi connectivity index (χ0v) is 14.3. The lowest BCUT2D eigenvalue weighted by molar-refractivity contribution is 0.804. The van der Waals surface area contributed by atoms with E-state index in [-0.39, 0.29) is 0 Å². The van der Waals surface area contributed by atoms with Crippen molar-refractivity contribution in [2.45, 2.75) is 13.5 Å². The van der Waals surface area contributed by atoms with Crippen molar-refractivity contribution in [2.24, 2.45) is 0 Å². The second kappa shape index (κ2) is 5.70. The number of aromatic nitrogens is 3. The summed E-state index contributed by atoms with van der Waals surface area (Å²) in [6, 6.07) is 16.9. The lowest BCUT2D eigenvalue weighted by Gasteiger charge is -2.09. The number of benzene rings is 2. The van der Waals surface area contributed by atoms with Crippen LogP contribution in [0.25, 0.3) is 22.2 Å². The summed E-state index contributed by atoms with van der Waals surface area (Å²) in [5.41, 5.74) is 5.95. The summed E-state index contributed by atoms with van der Waals surface area (Å²) in [6.45, 7) is 2.92. The zero-order chi connectivity index (χ0) is 15.8. The maximum atomic E-state index is 4.46. The summed E-state index contributed by atoms with van der Waals surface area (Å²) in [5.74, 6) is 0. The molecule has 0 aliphatic rings. The van der Waals surface area contributed by atoms with Crippen LogP contribution in [0.5, 0.6) is 0 Å². The van der Waals surface area contributed by atoms with Gasteiger partial charge < -0.3 is 9.55 Å². The van der Waals surface area contributed by atoms with Crippen molar-refractivity contribution in [1.82, 2.24) is 14.5 Å². The molecule has 0 spiro atoms. The largest absolute Gasteiger partial charge is 0.360 e. The van der Waals surface area contributed by atoms with Gasteiger partial charge in [0, 0.05) is 29.2 Å². The van der Waals surface area contributed by atoms with E-state index in [0.29, 0.717) is 0 Å². The Morgan fingerprint density at radius 3 is 2.87 bits per heavy atom. The number of aryl methyl sites for hydroxylation is 1. The first kappa shape index (κ1) is 14.3. The second-order valence-electron chi connectivity index (χ2n) is 5.75. The van der Waals surface area contributed by atoms with E-state index < -0.39 is 0 Å². The molecular formula is C19H16BrN3. The van der Waals surface area contributed by atoms with Crippen LogP contribution in [-0.4, -0.2) is 14.5 Å². The molecule has 0 atom stereocenters. The molecule has 3 nitrogen and oxygen atoms in total. The number of aromatic amines is 1. The number of fused-ring (bicyclic) bond motifs is 1. The van der Waals surface area contributed by atoms with Crippen LogP contribution >= 0.6 is 15.9 Å². The Hall–Kier alpha value is -2.33. The molecule has 4 rings (SSSR count). The molecule has 2 aromatic heterocycles. The minimum Gasteiger partial charge on any atom is -0.360 e. The predicted octanol–water partition coefficient (Wildman–Crippen LogP) is 5.15. The first-order valence-corrected chi connectivity index (χ1v) is 8.34. The van der Waals surface area contributed by atoms with Gasteiger partial charge in [0.25, 0.3) is 0 Å². The third-order valence-corrected chi connectivity index (χ3v) is 4.65. The number of imidazole rings is 1. The standard InChI is InChI=1S/C19H16BrN3/c1-13-5-4-6-14(9-13)11-23-12-22-19(20)18(23)16-10-21-17-8-3-2-7-15(16)17/h2-10,12,21H,11H2,1H3. The molecule has 0 aliphatic carbocycles. The fraction of sp³-hybridized carbons (Fsp3) is 0.105. The van der Waals surface area contributed by atoms with Gasteiger partial charge in [0.15, 0.2) is 0 Å². The van der Waals surface area contributed by atoms with Gasteiger partial charge in [-0.2, -0.15) is 0 Å². The minimum absolute atomic E-state index is 0.801. The molecule has 4 heteroatoms. The summed E-state index contributed by atoms with van der Waals surface area (Å²) >= 11 is 3.61. The number of rotatable bonds is 3. The summed E-state index contributed by atoms with van der Waals surface area (Å²) in [4.78, 5) is 7.81. The number of nitrogens with one attached hydrogen (secondary N) is 1. The highest BCUT2D eigenvalue weighted by Crippen LogP contribution is 2.33. The van der Waals surface area contributed by atoms with Gasteiger partial charge in [-0.05, 0) is 34.5 Å². The van der Waals surface area contributed by atoms with Gasteiger partial charge in [-0.15, -0.1) is 0 Å². The predicted molar refractivity (Wildman–Crippen MR) is 97.5 cm³/mol. The first-order chi connectivity index (χ1) is 11.2. The van der Waals surface area contributed by atoms with Crippen LogP contribution in [0.2, 0.25) is 0 Å². The third kappa shape index (κ3) is 2.59. The molecule has 0 saturated carbocycles. The molecule has 0 unspecified atom stereocenters. The van der Waals surface area contributed by atoms with Crippen LogP contribution < -0.4 is 0 Å². The molecule has 2 heterocycles. The number of hydrogen-bond donors (Lipinski definition) is 1. The third-order valence-electron chi connectivity index (χ3n) is 4.07. The normalized spacial score (nSPS) is 11.2. The monoisotopic (exact) mass is 365 g/mol. The second-order valence-corrected chi connectivity index (χ2v) is 6.50. The van der Waals surface area contributed by atoms with E-state index >= 15 is 0 Å². The topological polar surface area (TPSA) is 33.6 Å². The van der Waals surface area contributed by atoms with E-state index in [1.165, 1.54) is 16.5 Å². The van der Waals surface area contributed by atoms with E-state index in [0.717, 1.165) is 27.9 Å². The highest BCUT2D eigenvalue weighted by Gasteiger charge is 2.15. The Kier molecular flexibility index (Phi) is 3.54. The fourth-order valence-corrected chi connectivity index (χ4v) is 3.55. The van der Waals surface area contributed by atoms with Crippen molar-refractivity contribution in [3.63, 3.8) is 0 Å². The molecule has 1 N–H and O–H groups in total. The van der Waals surface area contributed by atoms with Crippen molar-refractivity contribution in [3.05, 3.63) is 76.8 Å². The Morgan fingerprint density at radius 2 is 2.00 bits per heavy atom. The summed E-state index contributed by atoms with van der Waals surface area (Å²) in [7, 11) is 0. The Balaban J connectivity index is 1.82. The van der Waals surface area contributed by atoms with Crippen molar-refractivity contribution in [2.75, 3.05) is 0 Å². The van der Waals surface area contributed by atoms with Gasteiger partial charge in [0.1, 0.15) is 4.60 Å². The molecule has 0 aliphatic heterocycles. The molecule has 0 fully saturated rings. The van der Waals surface area contributed by atoms with Gasteiger partial charge in [0.05, 0.1) is 12.0 Å². The lowest BCUT2D eigenvalue weighted by atomic mass is 10.1. The van der Waals surface area contributed by atoms with Crippen LogP contribution in [0.3, 0.4) is 0 Å². The van der Waals surface area contributed by atoms with Gasteiger partial charge in [-0.25, -0.2) is 4.98 Å². The average molecular weight is 366 g/mol. The van der Waals surface area contributed by atoms with E-state index in [1.54, 1.807) is 0 Å². The number of hydrogen-bond acceptors (Lipinski definition) is 1. The molecule has 0 bridgehead atoms. The van der Waals surface area contributed by atoms with Gasteiger partial charge in [-0.3, -0.25) is 0 Å². The number of nitrogens with zero attached hydrogens (tertiary/aromatic N) is 2. The van der Waals surface area contributed by atoms with Gasteiger partial charge in [-0.1, -0.05) is 48.0 Å². The Labute approximate surface area is 143 Å². The molecule has 0 saturated heterocycles. The molecule has 23 heavy (non-hydrogen) atoms. The first-order valence-electron chi connectivity index (χ1n) is 7.55. The average Bonchev–Trinajstić information content (AvgIpc) is 3.11. The van der Waals surface area contributed by atoms with Crippen LogP contribution in [0.15, 0.2) is 65.7 Å². The van der Waals surface area contributed by atoms with E-state index in [9.17, 15) is 0 Å². The van der Waals surface area contributed by atoms with Gasteiger partial charge in [0.2, 0.25) is 0 Å². The number of para-hydroxylation sites is 1. The lowest BCUT2D eigenvalue weighted by Crippen LogP contribution is -2.00. The zero-order valence-electron chi connectivity index (χ0n) is 12.8. The molecule has 4 aromatic rings. The minimum atomic E-state index is 0.801. The summed E-state index contributed by atoms with van der Waals surface area (Å²) < 4.78 is 3.06. The summed E-state index contributed by atoms with van der Waals surface area (Å²) in [6.07, 6.45) is 3.95. The molecule has 0 amide bonds. The van der Waals surface area contributed by atoms with E-state index in [1.807, 2.05) is 12.4 Å². The van der Waals surface area contributed by atoms with Crippen LogP contribution in [-0.2, 0) is 6.54 Å². The summed E-state index contributed by atoms with van der Waals surface area (Å²) in [5, 5.41) is 1.21. The van der Waals surface area contributed by atoms with Crippen LogP contribution in [0.1, 0.15) is 11.1 Å². The highest BCUT2D eigenvalue weighted by atomic mass is 79.9. The smallest absolute Gasteiger partial charge is 0.132 e. The number of H-pyrrole nitrogens is 1. The van der Waals surface area contributed by atoms with E-state index in [2.05, 4.69) is 86.1 Å². The maximum absolute atomic E-state index is 4.46. The van der Waals surface area contributed by atoms with Crippen LogP contribution in [0.4, 0.5) is 0 Å². The molecule has 2 aromatic carbocycles. The Morgan fingerprint density at radius 1 is 1.13 bits per heavy atom. The van der Waals surface area contributed by atoms with Crippen molar-refractivity contribution in [1.29, 1.82) is 0 Å².